The zero-order chi connectivity index (χ0) is 11.6. The summed E-state index contributed by atoms with van der Waals surface area (Å²) in [5.41, 5.74) is 0.315. The number of allylic oxidation sites excluding steroid dienone is 1. The molecule has 0 heterocycles. The van der Waals surface area contributed by atoms with Crippen LogP contribution in [0.2, 0.25) is 0 Å². The molecule has 0 saturated carbocycles. The third-order valence-electron chi connectivity index (χ3n) is 2.91. The van der Waals surface area contributed by atoms with Gasteiger partial charge in [0.1, 0.15) is 0 Å². The first-order chi connectivity index (χ1) is 7.18. The van der Waals surface area contributed by atoms with E-state index >= 15 is 0 Å². The molecule has 0 aromatic carbocycles. The molecule has 0 bridgehead atoms. The second-order valence-corrected chi connectivity index (χ2v) is 4.63. The largest absolute Gasteiger partial charge is 0.311 e. The minimum absolute atomic E-state index is 0.315. The molecule has 15 heavy (non-hydrogen) atoms. The number of rotatable bonds is 9. The summed E-state index contributed by atoms with van der Waals surface area (Å²) in [5.74, 6) is 0. The second kappa shape index (κ2) is 8.96. The third kappa shape index (κ3) is 7.61. The smallest absolute Gasteiger partial charge is 0.0187 e. The van der Waals surface area contributed by atoms with Crippen molar-refractivity contribution in [1.82, 2.24) is 5.32 Å². The molecule has 1 N–H and O–H groups in total. The highest BCUT2D eigenvalue weighted by Crippen LogP contribution is 2.19. The van der Waals surface area contributed by atoms with Gasteiger partial charge < -0.3 is 5.32 Å². The molecule has 90 valence electrons. The Bertz CT molecular complexity index is 163. The number of unbranched alkanes of at least 4 members (excludes halogenated alkanes) is 2. The molecule has 1 unspecified atom stereocenters. The first-order valence-corrected chi connectivity index (χ1v) is 6.58. The van der Waals surface area contributed by atoms with Gasteiger partial charge >= 0.3 is 0 Å². The van der Waals surface area contributed by atoms with Crippen LogP contribution in [-0.4, -0.2) is 12.1 Å². The Morgan fingerprint density at radius 3 is 2.33 bits per heavy atom. The summed E-state index contributed by atoms with van der Waals surface area (Å²) in [7, 11) is 0. The molecule has 0 fully saturated rings. The summed E-state index contributed by atoms with van der Waals surface area (Å²) in [6.07, 6.45) is 12.2. The van der Waals surface area contributed by atoms with Crippen LogP contribution >= 0.6 is 0 Å². The zero-order valence-corrected chi connectivity index (χ0v) is 11.1. The Morgan fingerprint density at radius 1 is 1.07 bits per heavy atom. The van der Waals surface area contributed by atoms with Crippen molar-refractivity contribution in [2.75, 3.05) is 6.54 Å². The fourth-order valence-corrected chi connectivity index (χ4v) is 1.96. The van der Waals surface area contributed by atoms with Crippen LogP contribution in [0.1, 0.15) is 66.2 Å². The molecule has 1 nitrogen and oxygen atoms in total. The zero-order valence-electron chi connectivity index (χ0n) is 11.1. The molecule has 1 atom stereocenters. The predicted octanol–water partition coefficient (Wildman–Crippen LogP) is 4.29. The van der Waals surface area contributed by atoms with Crippen LogP contribution in [0.5, 0.6) is 0 Å². The molecule has 0 aromatic rings. The fraction of sp³-hybridized carbons (Fsp3) is 0.857. The molecule has 0 aliphatic rings. The van der Waals surface area contributed by atoms with Gasteiger partial charge in [-0.2, -0.15) is 0 Å². The fourth-order valence-electron chi connectivity index (χ4n) is 1.96. The van der Waals surface area contributed by atoms with Crippen molar-refractivity contribution in [3.05, 3.63) is 12.2 Å². The molecule has 0 aliphatic heterocycles. The highest BCUT2D eigenvalue weighted by molar-refractivity contribution is 4.93. The summed E-state index contributed by atoms with van der Waals surface area (Å²) >= 11 is 0. The maximum absolute atomic E-state index is 3.63. The summed E-state index contributed by atoms with van der Waals surface area (Å²) in [6, 6.07) is 0. The number of nitrogens with one attached hydrogen (secondary N) is 1. The van der Waals surface area contributed by atoms with Gasteiger partial charge in [0.15, 0.2) is 0 Å². The third-order valence-corrected chi connectivity index (χ3v) is 2.91. The Hall–Kier alpha value is -0.300. The minimum atomic E-state index is 0.315. The van der Waals surface area contributed by atoms with Crippen LogP contribution in [0.15, 0.2) is 12.2 Å². The predicted molar refractivity (Wildman–Crippen MR) is 70.3 cm³/mol. The van der Waals surface area contributed by atoms with E-state index in [-0.39, 0.29) is 0 Å². The summed E-state index contributed by atoms with van der Waals surface area (Å²) < 4.78 is 0. The first-order valence-electron chi connectivity index (χ1n) is 6.58. The van der Waals surface area contributed by atoms with E-state index in [1.54, 1.807) is 0 Å². The normalized spacial score (nSPS) is 15.7. The Labute approximate surface area is 96.3 Å². The van der Waals surface area contributed by atoms with Crippen molar-refractivity contribution < 1.29 is 0 Å². The molecular weight excluding hydrogens is 182 g/mol. The van der Waals surface area contributed by atoms with Crippen molar-refractivity contribution >= 4 is 0 Å². The van der Waals surface area contributed by atoms with Crippen molar-refractivity contribution in [3.63, 3.8) is 0 Å². The Morgan fingerprint density at radius 2 is 1.80 bits per heavy atom. The summed E-state index contributed by atoms with van der Waals surface area (Å²) in [6.45, 7) is 10.1. The molecule has 1 heteroatoms. The molecule has 0 aromatic heterocycles. The van der Waals surface area contributed by atoms with E-state index in [1.165, 1.54) is 32.1 Å². The Balaban J connectivity index is 3.99. The minimum Gasteiger partial charge on any atom is -0.311 e. The van der Waals surface area contributed by atoms with Crippen molar-refractivity contribution in [3.8, 4) is 0 Å². The highest BCUT2D eigenvalue weighted by Gasteiger charge is 2.20. The molecule has 0 amide bonds. The van der Waals surface area contributed by atoms with Crippen LogP contribution < -0.4 is 5.32 Å². The van der Waals surface area contributed by atoms with Crippen LogP contribution in [0.3, 0.4) is 0 Å². The lowest BCUT2D eigenvalue weighted by Gasteiger charge is -2.29. The maximum atomic E-state index is 3.63. The van der Waals surface area contributed by atoms with Gasteiger partial charge in [-0.1, -0.05) is 52.2 Å². The first kappa shape index (κ1) is 14.7. The van der Waals surface area contributed by atoms with E-state index in [2.05, 4.69) is 45.2 Å². The van der Waals surface area contributed by atoms with Crippen LogP contribution in [0, 0.1) is 0 Å². The lowest BCUT2D eigenvalue weighted by atomic mass is 9.90. The van der Waals surface area contributed by atoms with Crippen LogP contribution in [0.25, 0.3) is 0 Å². The molecule has 0 radical (unpaired) electrons. The standard InChI is InChI=1S/C14H29N/c1-5-8-10-12-14(4,15-7-3)13-11-9-6-2/h8,10,15H,5-7,9,11-13H2,1-4H3. The van der Waals surface area contributed by atoms with E-state index in [0.29, 0.717) is 5.54 Å². The Kier molecular flexibility index (Phi) is 8.79. The average molecular weight is 211 g/mol. The monoisotopic (exact) mass is 211 g/mol. The van der Waals surface area contributed by atoms with E-state index in [4.69, 9.17) is 0 Å². The van der Waals surface area contributed by atoms with E-state index in [0.717, 1.165) is 13.0 Å². The van der Waals surface area contributed by atoms with Gasteiger partial charge in [-0.25, -0.2) is 0 Å². The average Bonchev–Trinajstić information content (AvgIpc) is 2.19. The van der Waals surface area contributed by atoms with Crippen molar-refractivity contribution in [1.29, 1.82) is 0 Å². The van der Waals surface area contributed by atoms with Gasteiger partial charge in [-0.3, -0.25) is 0 Å². The van der Waals surface area contributed by atoms with Crippen molar-refractivity contribution in [2.45, 2.75) is 71.8 Å². The molecular formula is C14H29N. The van der Waals surface area contributed by atoms with Crippen LogP contribution in [-0.2, 0) is 0 Å². The van der Waals surface area contributed by atoms with Gasteiger partial charge in [0.2, 0.25) is 0 Å². The van der Waals surface area contributed by atoms with Crippen molar-refractivity contribution in [2.24, 2.45) is 0 Å². The summed E-state index contributed by atoms with van der Waals surface area (Å²) in [4.78, 5) is 0. The maximum Gasteiger partial charge on any atom is 0.0187 e. The number of hydrogen-bond acceptors (Lipinski definition) is 1. The van der Waals surface area contributed by atoms with Crippen LogP contribution in [0.4, 0.5) is 0 Å². The quantitative estimate of drug-likeness (QED) is 0.443. The molecule has 0 aliphatic carbocycles. The molecule has 0 spiro atoms. The van der Waals surface area contributed by atoms with Gasteiger partial charge in [0.25, 0.3) is 0 Å². The van der Waals surface area contributed by atoms with Gasteiger partial charge in [-0.05, 0) is 32.7 Å². The highest BCUT2D eigenvalue weighted by atomic mass is 14.9. The SMILES string of the molecule is CCC=CCC(C)(CCCCC)NCC. The van der Waals surface area contributed by atoms with Gasteiger partial charge in [0.05, 0.1) is 0 Å². The second-order valence-electron chi connectivity index (χ2n) is 4.63. The van der Waals surface area contributed by atoms with Gasteiger partial charge in [-0.15, -0.1) is 0 Å². The summed E-state index contributed by atoms with van der Waals surface area (Å²) in [5, 5.41) is 3.63. The molecule has 0 saturated heterocycles. The topological polar surface area (TPSA) is 12.0 Å². The van der Waals surface area contributed by atoms with E-state index < -0.39 is 0 Å². The molecule has 0 rings (SSSR count). The number of hydrogen-bond donors (Lipinski definition) is 1. The van der Waals surface area contributed by atoms with E-state index in [1.807, 2.05) is 0 Å². The lowest BCUT2D eigenvalue weighted by Crippen LogP contribution is -2.41. The van der Waals surface area contributed by atoms with E-state index in [9.17, 15) is 0 Å². The lowest BCUT2D eigenvalue weighted by molar-refractivity contribution is 0.329. The van der Waals surface area contributed by atoms with Gasteiger partial charge in [0, 0.05) is 5.54 Å².